The van der Waals surface area contributed by atoms with Crippen molar-refractivity contribution >= 4 is 17.8 Å². The summed E-state index contributed by atoms with van der Waals surface area (Å²) in [5, 5.41) is 19.5. The molecule has 8 heteroatoms. The molecule has 0 aliphatic carbocycles. The molecule has 0 heterocycles. The fraction of sp³-hybridized carbons (Fsp3) is 0.308. The third kappa shape index (κ3) is 5.98. The number of rotatable bonds is 7. The number of carbonyl (C=O) groups is 3. The molecule has 0 radical (unpaired) electrons. The monoisotopic (exact) mass is 301 g/mol. The van der Waals surface area contributed by atoms with E-state index in [1.165, 1.54) is 0 Å². The van der Waals surface area contributed by atoms with Crippen molar-refractivity contribution in [2.45, 2.75) is 25.3 Å². The van der Waals surface area contributed by atoms with E-state index in [9.17, 15) is 23.2 Å². The smallest absolute Gasteiger partial charge is 0.326 e. The van der Waals surface area contributed by atoms with Gasteiger partial charge in [-0.3, -0.25) is 9.59 Å². The molecule has 21 heavy (non-hydrogen) atoms. The van der Waals surface area contributed by atoms with Crippen molar-refractivity contribution in [3.8, 4) is 0 Å². The lowest BCUT2D eigenvalue weighted by atomic mass is 10.1. The number of carboxylic acid groups (broad SMARTS) is 2. The van der Waals surface area contributed by atoms with Crippen molar-refractivity contribution in [3.63, 3.8) is 0 Å². The van der Waals surface area contributed by atoms with Crippen LogP contribution in [0.25, 0.3) is 0 Å². The van der Waals surface area contributed by atoms with Crippen LogP contribution in [0.3, 0.4) is 0 Å². The summed E-state index contributed by atoms with van der Waals surface area (Å²) in [5.41, 5.74) is 0.0485. The van der Waals surface area contributed by atoms with Crippen LogP contribution in [-0.4, -0.2) is 34.1 Å². The molecule has 1 aromatic rings. The van der Waals surface area contributed by atoms with E-state index in [2.05, 4.69) is 5.32 Å². The van der Waals surface area contributed by atoms with E-state index in [-0.39, 0.29) is 12.0 Å². The molecule has 1 atom stereocenters. The molecular formula is C13H13F2NO5. The average molecular weight is 301 g/mol. The Morgan fingerprint density at radius 2 is 1.67 bits per heavy atom. The first kappa shape index (κ1) is 16.5. The Bertz CT molecular complexity index is 541. The van der Waals surface area contributed by atoms with Gasteiger partial charge in [-0.25, -0.2) is 13.6 Å². The molecular weight excluding hydrogens is 288 g/mol. The first-order valence-corrected chi connectivity index (χ1v) is 5.97. The summed E-state index contributed by atoms with van der Waals surface area (Å²) in [6, 6.07) is 1.19. The number of amides is 1. The van der Waals surface area contributed by atoms with Gasteiger partial charge < -0.3 is 15.5 Å². The van der Waals surface area contributed by atoms with Crippen LogP contribution >= 0.6 is 0 Å². The van der Waals surface area contributed by atoms with Crippen molar-refractivity contribution in [2.24, 2.45) is 0 Å². The number of benzene rings is 1. The first-order valence-electron chi connectivity index (χ1n) is 5.97. The van der Waals surface area contributed by atoms with Crippen LogP contribution in [0.1, 0.15) is 18.4 Å². The van der Waals surface area contributed by atoms with Gasteiger partial charge in [-0.05, 0) is 24.1 Å². The molecule has 0 fully saturated rings. The van der Waals surface area contributed by atoms with E-state index in [4.69, 9.17) is 10.2 Å². The standard InChI is InChI=1S/C13H13F2NO5/c14-8-3-7(4-9(15)6-8)5-11(17)16-10(13(20)21)1-2-12(18)19/h3-4,6,10H,1-2,5H2,(H,16,17)(H,18,19)(H,20,21)/t10-/m1/s1. The van der Waals surface area contributed by atoms with Crippen LogP contribution in [0.15, 0.2) is 18.2 Å². The Kier molecular flexibility index (Phi) is 5.77. The minimum Gasteiger partial charge on any atom is -0.481 e. The van der Waals surface area contributed by atoms with Crippen LogP contribution in [0.2, 0.25) is 0 Å². The van der Waals surface area contributed by atoms with Gasteiger partial charge in [0.25, 0.3) is 0 Å². The Labute approximate surface area is 118 Å². The van der Waals surface area contributed by atoms with Crippen LogP contribution in [0.5, 0.6) is 0 Å². The number of carbonyl (C=O) groups excluding carboxylic acids is 1. The molecule has 0 spiro atoms. The van der Waals surface area contributed by atoms with Gasteiger partial charge >= 0.3 is 11.9 Å². The zero-order valence-corrected chi connectivity index (χ0v) is 10.8. The zero-order valence-electron chi connectivity index (χ0n) is 10.8. The first-order chi connectivity index (χ1) is 9.77. The Morgan fingerprint density at radius 1 is 1.10 bits per heavy atom. The predicted molar refractivity (Wildman–Crippen MR) is 66.5 cm³/mol. The predicted octanol–water partition coefficient (Wildman–Crippen LogP) is 0.942. The second kappa shape index (κ2) is 7.32. The maximum atomic E-state index is 12.9. The molecule has 0 aliphatic rings. The minimum absolute atomic E-state index is 0.0485. The van der Waals surface area contributed by atoms with Gasteiger partial charge in [-0.1, -0.05) is 0 Å². The summed E-state index contributed by atoms with van der Waals surface area (Å²) < 4.78 is 25.9. The number of hydrogen-bond donors (Lipinski definition) is 3. The normalized spacial score (nSPS) is 11.7. The second-order valence-corrected chi connectivity index (χ2v) is 4.35. The third-order valence-electron chi connectivity index (χ3n) is 2.57. The number of nitrogens with one attached hydrogen (secondary N) is 1. The van der Waals surface area contributed by atoms with Crippen LogP contribution in [-0.2, 0) is 20.8 Å². The summed E-state index contributed by atoms with van der Waals surface area (Å²) >= 11 is 0. The molecule has 114 valence electrons. The van der Waals surface area contributed by atoms with E-state index in [0.717, 1.165) is 12.1 Å². The highest BCUT2D eigenvalue weighted by atomic mass is 19.1. The molecule has 0 aromatic heterocycles. The molecule has 1 aromatic carbocycles. The molecule has 3 N–H and O–H groups in total. The van der Waals surface area contributed by atoms with Crippen molar-refractivity contribution in [1.29, 1.82) is 0 Å². The highest BCUT2D eigenvalue weighted by molar-refractivity contribution is 5.85. The third-order valence-corrected chi connectivity index (χ3v) is 2.57. The summed E-state index contributed by atoms with van der Waals surface area (Å²) in [5.74, 6) is -5.03. The van der Waals surface area contributed by atoms with Gasteiger partial charge in [0.15, 0.2) is 0 Å². The van der Waals surface area contributed by atoms with Gasteiger partial charge in [-0.15, -0.1) is 0 Å². The maximum absolute atomic E-state index is 12.9. The van der Waals surface area contributed by atoms with Crippen molar-refractivity contribution in [3.05, 3.63) is 35.4 Å². The van der Waals surface area contributed by atoms with Gasteiger partial charge in [0.1, 0.15) is 17.7 Å². The molecule has 0 saturated heterocycles. The second-order valence-electron chi connectivity index (χ2n) is 4.35. The molecule has 6 nitrogen and oxygen atoms in total. The average Bonchev–Trinajstić information content (AvgIpc) is 2.32. The van der Waals surface area contributed by atoms with Gasteiger partial charge in [0.2, 0.25) is 5.91 Å². The van der Waals surface area contributed by atoms with Gasteiger partial charge in [0.05, 0.1) is 6.42 Å². The summed E-state index contributed by atoms with van der Waals surface area (Å²) in [6.07, 6.45) is -1.12. The van der Waals surface area contributed by atoms with E-state index in [1.807, 2.05) is 0 Å². The number of halogens is 2. The topological polar surface area (TPSA) is 104 Å². The summed E-state index contributed by atoms with van der Waals surface area (Å²) in [6.45, 7) is 0. The highest BCUT2D eigenvalue weighted by Crippen LogP contribution is 2.09. The molecule has 1 rings (SSSR count). The molecule has 1 amide bonds. The molecule has 0 aliphatic heterocycles. The van der Waals surface area contributed by atoms with E-state index in [0.29, 0.717) is 6.07 Å². The number of carboxylic acids is 2. The fourth-order valence-electron chi connectivity index (χ4n) is 1.67. The largest absolute Gasteiger partial charge is 0.481 e. The zero-order chi connectivity index (χ0) is 16.0. The summed E-state index contributed by atoms with van der Waals surface area (Å²) in [7, 11) is 0. The fourth-order valence-corrected chi connectivity index (χ4v) is 1.67. The Balaban J connectivity index is 2.65. The van der Waals surface area contributed by atoms with Crippen LogP contribution < -0.4 is 5.32 Å². The lowest BCUT2D eigenvalue weighted by Gasteiger charge is -2.13. The van der Waals surface area contributed by atoms with E-state index in [1.54, 1.807) is 0 Å². The lowest BCUT2D eigenvalue weighted by Crippen LogP contribution is -2.41. The van der Waals surface area contributed by atoms with E-state index < -0.39 is 48.4 Å². The molecule has 0 bridgehead atoms. The quantitative estimate of drug-likeness (QED) is 0.695. The van der Waals surface area contributed by atoms with Crippen LogP contribution in [0, 0.1) is 11.6 Å². The van der Waals surface area contributed by atoms with Gasteiger partial charge in [-0.2, -0.15) is 0 Å². The maximum Gasteiger partial charge on any atom is 0.326 e. The molecule has 0 unspecified atom stereocenters. The SMILES string of the molecule is O=C(O)CC[C@@H](NC(=O)Cc1cc(F)cc(F)c1)C(=O)O. The minimum atomic E-state index is -1.38. The highest BCUT2D eigenvalue weighted by Gasteiger charge is 2.21. The number of aliphatic carboxylic acids is 2. The molecule has 0 saturated carbocycles. The lowest BCUT2D eigenvalue weighted by molar-refractivity contribution is -0.143. The number of hydrogen-bond acceptors (Lipinski definition) is 3. The van der Waals surface area contributed by atoms with Gasteiger partial charge in [0, 0.05) is 12.5 Å². The van der Waals surface area contributed by atoms with Crippen molar-refractivity contribution in [1.82, 2.24) is 5.32 Å². The summed E-state index contributed by atoms with van der Waals surface area (Å²) in [4.78, 5) is 32.9. The van der Waals surface area contributed by atoms with Crippen LogP contribution in [0.4, 0.5) is 8.78 Å². The van der Waals surface area contributed by atoms with Crippen molar-refractivity contribution in [2.75, 3.05) is 0 Å². The van der Waals surface area contributed by atoms with Crippen molar-refractivity contribution < 1.29 is 33.4 Å². The van der Waals surface area contributed by atoms with E-state index >= 15 is 0 Å². The Hall–Kier alpha value is -2.51. The Morgan fingerprint density at radius 3 is 2.14 bits per heavy atom.